The molecule has 0 aliphatic carbocycles. The lowest BCUT2D eigenvalue weighted by Gasteiger charge is -2.37. The maximum Gasteiger partial charge on any atom is 0.193 e. The second-order valence-corrected chi connectivity index (χ2v) is 7.55. The highest BCUT2D eigenvalue weighted by atomic mass is 127. The zero-order valence-corrected chi connectivity index (χ0v) is 18.1. The Morgan fingerprint density at radius 2 is 1.96 bits per heavy atom. The fourth-order valence-corrected chi connectivity index (χ4v) is 4.30. The minimum atomic E-state index is 0. The predicted molar refractivity (Wildman–Crippen MR) is 114 cm³/mol. The van der Waals surface area contributed by atoms with Crippen molar-refractivity contribution in [1.29, 1.82) is 0 Å². The minimum Gasteiger partial charge on any atom is -0.468 e. The van der Waals surface area contributed by atoms with Gasteiger partial charge in [-0.1, -0.05) is 13.8 Å². The summed E-state index contributed by atoms with van der Waals surface area (Å²) in [5.41, 5.74) is 0. The van der Waals surface area contributed by atoms with Crippen LogP contribution in [0.25, 0.3) is 0 Å². The standard InChI is InChI=1S/C19H32N4O.HI/c1-15-11-16(2)14-23(13-15)19(20-3)21-12-17(18-7-6-10-24-18)22-8-4-5-9-22;/h6-7,10,15-17H,4-5,8-9,11-14H2,1-3H3,(H,20,21);1H. The van der Waals surface area contributed by atoms with Crippen molar-refractivity contribution in [1.82, 2.24) is 15.1 Å². The first-order valence-corrected chi connectivity index (χ1v) is 9.40. The molecule has 0 amide bonds. The van der Waals surface area contributed by atoms with Gasteiger partial charge in [0.15, 0.2) is 5.96 Å². The lowest BCUT2D eigenvalue weighted by atomic mass is 9.92. The Hall–Kier alpha value is -0.760. The first-order chi connectivity index (χ1) is 11.7. The summed E-state index contributed by atoms with van der Waals surface area (Å²) in [5, 5.41) is 3.62. The fraction of sp³-hybridized carbons (Fsp3) is 0.737. The molecule has 0 aromatic carbocycles. The molecule has 3 rings (SSSR count). The van der Waals surface area contributed by atoms with E-state index in [4.69, 9.17) is 4.42 Å². The van der Waals surface area contributed by atoms with Crippen LogP contribution >= 0.6 is 24.0 Å². The van der Waals surface area contributed by atoms with Gasteiger partial charge in [-0.25, -0.2) is 0 Å². The molecule has 0 radical (unpaired) electrons. The van der Waals surface area contributed by atoms with Crippen LogP contribution in [0.5, 0.6) is 0 Å². The molecule has 25 heavy (non-hydrogen) atoms. The topological polar surface area (TPSA) is 44.0 Å². The van der Waals surface area contributed by atoms with Crippen LogP contribution in [0.2, 0.25) is 0 Å². The molecule has 1 aromatic rings. The van der Waals surface area contributed by atoms with Crippen LogP contribution in [0, 0.1) is 11.8 Å². The Balaban J connectivity index is 0.00000225. The first kappa shape index (κ1) is 20.6. The van der Waals surface area contributed by atoms with Gasteiger partial charge in [-0.3, -0.25) is 9.89 Å². The van der Waals surface area contributed by atoms with Crippen molar-refractivity contribution in [3.63, 3.8) is 0 Å². The predicted octanol–water partition coefficient (Wildman–Crippen LogP) is 3.59. The van der Waals surface area contributed by atoms with Crippen molar-refractivity contribution in [3.05, 3.63) is 24.2 Å². The third kappa shape index (κ3) is 5.36. The van der Waals surface area contributed by atoms with Crippen molar-refractivity contribution in [2.75, 3.05) is 39.8 Å². The van der Waals surface area contributed by atoms with Crippen LogP contribution in [0.15, 0.2) is 27.8 Å². The van der Waals surface area contributed by atoms with Crippen LogP contribution in [0.4, 0.5) is 0 Å². The molecule has 0 bridgehead atoms. The van der Waals surface area contributed by atoms with Crippen molar-refractivity contribution >= 4 is 29.9 Å². The van der Waals surface area contributed by atoms with Crippen molar-refractivity contribution in [2.24, 2.45) is 16.8 Å². The minimum absolute atomic E-state index is 0. The van der Waals surface area contributed by atoms with E-state index >= 15 is 0 Å². The third-order valence-electron chi connectivity index (χ3n) is 5.29. The van der Waals surface area contributed by atoms with E-state index < -0.39 is 0 Å². The summed E-state index contributed by atoms with van der Waals surface area (Å²) in [6.07, 6.45) is 5.66. The number of furan rings is 1. The van der Waals surface area contributed by atoms with E-state index in [2.05, 4.69) is 40.0 Å². The number of nitrogens with one attached hydrogen (secondary N) is 1. The van der Waals surface area contributed by atoms with Gasteiger partial charge in [0.2, 0.25) is 0 Å². The highest BCUT2D eigenvalue weighted by Crippen LogP contribution is 2.25. The summed E-state index contributed by atoms with van der Waals surface area (Å²) in [6, 6.07) is 4.37. The summed E-state index contributed by atoms with van der Waals surface area (Å²) < 4.78 is 5.72. The fourth-order valence-electron chi connectivity index (χ4n) is 4.30. The average Bonchev–Trinajstić information content (AvgIpc) is 3.24. The second-order valence-electron chi connectivity index (χ2n) is 7.55. The van der Waals surface area contributed by atoms with Crippen molar-refractivity contribution in [3.8, 4) is 0 Å². The molecule has 2 aliphatic rings. The highest BCUT2D eigenvalue weighted by Gasteiger charge is 2.28. The number of hydrogen-bond donors (Lipinski definition) is 1. The van der Waals surface area contributed by atoms with E-state index in [0.717, 1.165) is 56.3 Å². The van der Waals surface area contributed by atoms with Gasteiger partial charge in [0.05, 0.1) is 12.3 Å². The van der Waals surface area contributed by atoms with Crippen molar-refractivity contribution in [2.45, 2.75) is 39.2 Å². The van der Waals surface area contributed by atoms with Gasteiger partial charge < -0.3 is 14.6 Å². The Morgan fingerprint density at radius 1 is 1.28 bits per heavy atom. The molecule has 2 aliphatic heterocycles. The molecule has 0 spiro atoms. The summed E-state index contributed by atoms with van der Waals surface area (Å²) in [7, 11) is 1.89. The van der Waals surface area contributed by atoms with Crippen LogP contribution in [-0.4, -0.2) is 55.5 Å². The Bertz CT molecular complexity index is 518. The summed E-state index contributed by atoms with van der Waals surface area (Å²) in [5.74, 6) is 3.54. The van der Waals surface area contributed by atoms with Gasteiger partial charge in [-0.2, -0.15) is 0 Å². The molecule has 5 nitrogen and oxygen atoms in total. The molecule has 1 N–H and O–H groups in total. The number of rotatable bonds is 4. The molecule has 3 atom stereocenters. The number of hydrogen-bond acceptors (Lipinski definition) is 3. The van der Waals surface area contributed by atoms with Gasteiger partial charge in [0, 0.05) is 26.7 Å². The quantitative estimate of drug-likeness (QED) is 0.424. The van der Waals surface area contributed by atoms with Crippen LogP contribution in [-0.2, 0) is 0 Å². The Morgan fingerprint density at radius 3 is 2.52 bits per heavy atom. The molecular weight excluding hydrogens is 427 g/mol. The molecule has 3 unspecified atom stereocenters. The Kier molecular flexibility index (Phi) is 8.06. The monoisotopic (exact) mass is 460 g/mol. The molecule has 6 heteroatoms. The zero-order valence-electron chi connectivity index (χ0n) is 15.8. The number of halogens is 1. The molecule has 3 heterocycles. The number of aliphatic imine (C=N–C) groups is 1. The van der Waals surface area contributed by atoms with Gasteiger partial charge in [-0.15, -0.1) is 24.0 Å². The summed E-state index contributed by atoms with van der Waals surface area (Å²) in [6.45, 7) is 10.0. The van der Waals surface area contributed by atoms with E-state index in [-0.39, 0.29) is 24.0 Å². The maximum absolute atomic E-state index is 5.72. The average molecular weight is 460 g/mol. The lowest BCUT2D eigenvalue weighted by molar-refractivity contribution is 0.197. The smallest absolute Gasteiger partial charge is 0.193 e. The SMILES string of the molecule is CN=C(NCC(c1ccco1)N1CCCC1)N1CC(C)CC(C)C1.I. The first-order valence-electron chi connectivity index (χ1n) is 9.40. The van der Waals surface area contributed by atoms with Gasteiger partial charge in [0.25, 0.3) is 0 Å². The summed E-state index contributed by atoms with van der Waals surface area (Å²) in [4.78, 5) is 9.49. The largest absolute Gasteiger partial charge is 0.468 e. The van der Waals surface area contributed by atoms with Crippen LogP contribution in [0.1, 0.15) is 44.9 Å². The van der Waals surface area contributed by atoms with Gasteiger partial charge in [-0.05, 0) is 56.3 Å². The molecule has 2 fully saturated rings. The van der Waals surface area contributed by atoms with E-state index in [1.807, 2.05) is 13.1 Å². The number of likely N-dealkylation sites (tertiary alicyclic amines) is 2. The number of nitrogens with zero attached hydrogens (tertiary/aromatic N) is 3. The lowest BCUT2D eigenvalue weighted by Crippen LogP contribution is -2.50. The van der Waals surface area contributed by atoms with Gasteiger partial charge in [0.1, 0.15) is 5.76 Å². The van der Waals surface area contributed by atoms with Crippen LogP contribution < -0.4 is 5.32 Å². The van der Waals surface area contributed by atoms with Crippen LogP contribution in [0.3, 0.4) is 0 Å². The normalized spacial score (nSPS) is 26.4. The molecule has 142 valence electrons. The Labute approximate surface area is 169 Å². The van der Waals surface area contributed by atoms with Gasteiger partial charge >= 0.3 is 0 Å². The maximum atomic E-state index is 5.72. The molecule has 0 saturated carbocycles. The van der Waals surface area contributed by atoms with E-state index in [1.54, 1.807) is 6.26 Å². The second kappa shape index (κ2) is 9.80. The molecule has 2 saturated heterocycles. The zero-order chi connectivity index (χ0) is 16.9. The number of guanidine groups is 1. The molecule has 1 aromatic heterocycles. The molecular formula is C19H33IN4O. The van der Waals surface area contributed by atoms with Crippen molar-refractivity contribution < 1.29 is 4.42 Å². The van der Waals surface area contributed by atoms with E-state index in [1.165, 1.54) is 19.3 Å². The summed E-state index contributed by atoms with van der Waals surface area (Å²) >= 11 is 0. The van der Waals surface area contributed by atoms with E-state index in [0.29, 0.717) is 6.04 Å². The van der Waals surface area contributed by atoms with E-state index in [9.17, 15) is 0 Å². The highest BCUT2D eigenvalue weighted by molar-refractivity contribution is 14.0. The number of piperidine rings is 1. The third-order valence-corrected chi connectivity index (χ3v) is 5.29.